The molecule has 1 fully saturated rings. The Morgan fingerprint density at radius 1 is 1.04 bits per heavy atom. The summed E-state index contributed by atoms with van der Waals surface area (Å²) in [6.45, 7) is 4.39. The van der Waals surface area contributed by atoms with E-state index in [1.165, 1.54) is 44.1 Å². The predicted molar refractivity (Wildman–Crippen MR) is 118 cm³/mol. The van der Waals surface area contributed by atoms with E-state index in [4.69, 9.17) is 0 Å². The molecule has 0 bridgehead atoms. The van der Waals surface area contributed by atoms with Crippen LogP contribution in [0.5, 0.6) is 0 Å². The fourth-order valence-electron chi connectivity index (χ4n) is 4.46. The van der Waals surface area contributed by atoms with Crippen LogP contribution in [0, 0.1) is 5.92 Å². The highest BCUT2D eigenvalue weighted by atomic mass is 16.4. The molecule has 0 amide bonds. The molecule has 1 aliphatic carbocycles. The van der Waals surface area contributed by atoms with Crippen LogP contribution >= 0.6 is 0 Å². The zero-order valence-corrected chi connectivity index (χ0v) is 17.2. The molecule has 1 N–H and O–H groups in total. The SMILES string of the molecule is CC/C=C/c1ccc(-c2cc(C3CCC(CCC)CC3)ccc2C(=O)O)cc1. The quantitative estimate of drug-likeness (QED) is 0.541. The van der Waals surface area contributed by atoms with Crippen LogP contribution in [0.1, 0.15) is 86.2 Å². The van der Waals surface area contributed by atoms with Crippen molar-refractivity contribution >= 4 is 12.0 Å². The molecular weight excluding hydrogens is 344 g/mol. The molecule has 0 aromatic heterocycles. The molecule has 0 spiro atoms. The first-order chi connectivity index (χ1) is 13.6. The van der Waals surface area contributed by atoms with Gasteiger partial charge in [-0.1, -0.05) is 75.2 Å². The Morgan fingerprint density at radius 2 is 1.75 bits per heavy atom. The van der Waals surface area contributed by atoms with Gasteiger partial charge in [-0.25, -0.2) is 4.79 Å². The van der Waals surface area contributed by atoms with Gasteiger partial charge in [0.05, 0.1) is 5.56 Å². The maximum atomic E-state index is 11.8. The van der Waals surface area contributed by atoms with E-state index in [0.717, 1.165) is 29.0 Å². The highest BCUT2D eigenvalue weighted by Gasteiger charge is 2.23. The van der Waals surface area contributed by atoms with E-state index in [1.807, 2.05) is 18.2 Å². The summed E-state index contributed by atoms with van der Waals surface area (Å²) in [5.74, 6) is 0.576. The van der Waals surface area contributed by atoms with Crippen molar-refractivity contribution in [2.75, 3.05) is 0 Å². The molecule has 2 nitrogen and oxygen atoms in total. The lowest BCUT2D eigenvalue weighted by Gasteiger charge is -2.29. The van der Waals surface area contributed by atoms with E-state index < -0.39 is 5.97 Å². The summed E-state index contributed by atoms with van der Waals surface area (Å²) < 4.78 is 0. The fraction of sp³-hybridized carbons (Fsp3) is 0.423. The predicted octanol–water partition coefficient (Wildman–Crippen LogP) is 7.55. The van der Waals surface area contributed by atoms with Gasteiger partial charge in [0.2, 0.25) is 0 Å². The molecule has 2 aromatic carbocycles. The summed E-state index contributed by atoms with van der Waals surface area (Å²) in [6.07, 6.45) is 12.9. The van der Waals surface area contributed by atoms with Gasteiger partial charge in [0, 0.05) is 0 Å². The minimum atomic E-state index is -0.858. The van der Waals surface area contributed by atoms with Gasteiger partial charge in [0.1, 0.15) is 0 Å². The third-order valence-corrected chi connectivity index (χ3v) is 6.06. The van der Waals surface area contributed by atoms with Crippen LogP contribution in [0.3, 0.4) is 0 Å². The lowest BCUT2D eigenvalue weighted by Crippen LogP contribution is -2.13. The molecule has 28 heavy (non-hydrogen) atoms. The maximum Gasteiger partial charge on any atom is 0.336 e. The summed E-state index contributed by atoms with van der Waals surface area (Å²) >= 11 is 0. The molecule has 3 rings (SSSR count). The van der Waals surface area contributed by atoms with Crippen molar-refractivity contribution in [3.8, 4) is 11.1 Å². The van der Waals surface area contributed by atoms with Crippen LogP contribution in [0.25, 0.3) is 17.2 Å². The highest BCUT2D eigenvalue weighted by Crippen LogP contribution is 2.39. The summed E-state index contributed by atoms with van der Waals surface area (Å²) in [6, 6.07) is 14.2. The van der Waals surface area contributed by atoms with Crippen LogP contribution in [0.2, 0.25) is 0 Å². The second-order valence-corrected chi connectivity index (χ2v) is 8.05. The zero-order chi connectivity index (χ0) is 19.9. The van der Waals surface area contributed by atoms with Gasteiger partial charge in [0.15, 0.2) is 0 Å². The van der Waals surface area contributed by atoms with E-state index in [-0.39, 0.29) is 0 Å². The smallest absolute Gasteiger partial charge is 0.336 e. The van der Waals surface area contributed by atoms with Gasteiger partial charge in [0.25, 0.3) is 0 Å². The number of rotatable bonds is 7. The molecular formula is C26H32O2. The van der Waals surface area contributed by atoms with Crippen molar-refractivity contribution in [2.45, 2.75) is 64.7 Å². The number of carboxylic acids is 1. The van der Waals surface area contributed by atoms with Crippen molar-refractivity contribution in [3.63, 3.8) is 0 Å². The van der Waals surface area contributed by atoms with Gasteiger partial charge in [-0.15, -0.1) is 0 Å². The molecule has 0 heterocycles. The highest BCUT2D eigenvalue weighted by molar-refractivity contribution is 5.96. The van der Waals surface area contributed by atoms with Crippen LogP contribution in [0.4, 0.5) is 0 Å². The summed E-state index contributed by atoms with van der Waals surface area (Å²) in [5, 5.41) is 9.68. The Labute approximate surface area is 169 Å². The molecule has 0 unspecified atom stereocenters. The molecule has 0 aliphatic heterocycles. The Bertz CT molecular complexity index is 809. The largest absolute Gasteiger partial charge is 0.478 e. The molecule has 0 saturated heterocycles. The lowest BCUT2D eigenvalue weighted by molar-refractivity contribution is 0.0697. The minimum absolute atomic E-state index is 0.389. The van der Waals surface area contributed by atoms with Crippen molar-refractivity contribution in [1.29, 1.82) is 0 Å². The Kier molecular flexibility index (Phi) is 7.08. The summed E-state index contributed by atoms with van der Waals surface area (Å²) in [5.41, 5.74) is 4.65. The topological polar surface area (TPSA) is 37.3 Å². The van der Waals surface area contributed by atoms with Crippen molar-refractivity contribution in [1.82, 2.24) is 0 Å². The third-order valence-electron chi connectivity index (χ3n) is 6.06. The third kappa shape index (κ3) is 4.92. The first kappa shape index (κ1) is 20.4. The van der Waals surface area contributed by atoms with E-state index >= 15 is 0 Å². The number of carbonyl (C=O) groups is 1. The average Bonchev–Trinajstić information content (AvgIpc) is 2.73. The van der Waals surface area contributed by atoms with Gasteiger partial charge < -0.3 is 5.11 Å². The van der Waals surface area contributed by atoms with Crippen LogP contribution in [-0.2, 0) is 0 Å². The molecule has 2 heteroatoms. The Hall–Kier alpha value is -2.35. The molecule has 0 radical (unpaired) electrons. The Morgan fingerprint density at radius 3 is 2.36 bits per heavy atom. The molecule has 1 saturated carbocycles. The van der Waals surface area contributed by atoms with Crippen LogP contribution in [-0.4, -0.2) is 11.1 Å². The average molecular weight is 377 g/mol. The Balaban J connectivity index is 1.86. The number of hydrogen-bond acceptors (Lipinski definition) is 1. The number of allylic oxidation sites excluding steroid dienone is 1. The molecule has 2 aromatic rings. The fourth-order valence-corrected chi connectivity index (χ4v) is 4.46. The summed E-state index contributed by atoms with van der Waals surface area (Å²) in [7, 11) is 0. The monoisotopic (exact) mass is 376 g/mol. The van der Waals surface area contributed by atoms with E-state index in [1.54, 1.807) is 6.07 Å². The number of carboxylic acid groups (broad SMARTS) is 1. The van der Waals surface area contributed by atoms with Crippen LogP contribution in [0.15, 0.2) is 48.5 Å². The van der Waals surface area contributed by atoms with E-state index in [9.17, 15) is 9.90 Å². The van der Waals surface area contributed by atoms with Crippen molar-refractivity contribution < 1.29 is 9.90 Å². The minimum Gasteiger partial charge on any atom is -0.478 e. The van der Waals surface area contributed by atoms with E-state index in [2.05, 4.69) is 44.2 Å². The van der Waals surface area contributed by atoms with Crippen LogP contribution < -0.4 is 0 Å². The second kappa shape index (κ2) is 9.73. The van der Waals surface area contributed by atoms with E-state index in [0.29, 0.717) is 11.5 Å². The number of aromatic carboxylic acids is 1. The number of hydrogen-bond donors (Lipinski definition) is 1. The molecule has 0 atom stereocenters. The van der Waals surface area contributed by atoms with Gasteiger partial charge in [-0.3, -0.25) is 0 Å². The first-order valence-electron chi connectivity index (χ1n) is 10.8. The summed E-state index contributed by atoms with van der Waals surface area (Å²) in [4.78, 5) is 11.8. The second-order valence-electron chi connectivity index (χ2n) is 8.05. The standard InChI is InChI=1S/C26H32O2/c1-3-5-7-20-10-14-22(15-11-20)25-18-23(16-17-24(25)26(27)28)21-12-8-19(6-4-2)9-13-21/h5,7,10-11,14-19,21H,3-4,6,8-9,12-13H2,1-2H3,(H,27,28)/b7-5+. The molecule has 1 aliphatic rings. The normalized spacial score (nSPS) is 19.8. The van der Waals surface area contributed by atoms with Crippen molar-refractivity contribution in [2.24, 2.45) is 5.92 Å². The van der Waals surface area contributed by atoms with Crippen molar-refractivity contribution in [3.05, 3.63) is 65.2 Å². The number of benzene rings is 2. The zero-order valence-electron chi connectivity index (χ0n) is 17.2. The van der Waals surface area contributed by atoms with Gasteiger partial charge >= 0.3 is 5.97 Å². The first-order valence-corrected chi connectivity index (χ1v) is 10.8. The molecule has 148 valence electrons. The van der Waals surface area contributed by atoms with Gasteiger partial charge in [-0.05, 0) is 72.3 Å². The lowest BCUT2D eigenvalue weighted by atomic mass is 9.76. The maximum absolute atomic E-state index is 11.8. The van der Waals surface area contributed by atoms with Gasteiger partial charge in [-0.2, -0.15) is 0 Å².